The summed E-state index contributed by atoms with van der Waals surface area (Å²) in [6.07, 6.45) is 4.72. The van der Waals surface area contributed by atoms with Crippen LogP contribution in [0.15, 0.2) is 12.4 Å². The summed E-state index contributed by atoms with van der Waals surface area (Å²) in [7, 11) is 0. The van der Waals surface area contributed by atoms with E-state index in [1.807, 2.05) is 6.07 Å². The average Bonchev–Trinajstić information content (AvgIpc) is 2.41. The number of nitrogens with zero attached hydrogens (tertiary/aromatic N) is 2. The summed E-state index contributed by atoms with van der Waals surface area (Å²) in [6, 6.07) is 1.84. The van der Waals surface area contributed by atoms with E-state index in [4.69, 9.17) is 10.5 Å². The smallest absolute Gasteiger partial charge is 0.218 e. The third-order valence-electron chi connectivity index (χ3n) is 2.68. The van der Waals surface area contributed by atoms with Crippen LogP contribution in [0, 0.1) is 5.92 Å². The minimum absolute atomic E-state index is 0.584. The maximum atomic E-state index is 5.57. The summed E-state index contributed by atoms with van der Waals surface area (Å²) in [5.74, 6) is 2.03. The van der Waals surface area contributed by atoms with Crippen LogP contribution in [0.2, 0.25) is 0 Å². The highest BCUT2D eigenvalue weighted by molar-refractivity contribution is 5.36. The Kier molecular flexibility index (Phi) is 7.10. The molecule has 1 heterocycles. The number of aromatic nitrogens is 2. The first kappa shape index (κ1) is 14.7. The van der Waals surface area contributed by atoms with Gasteiger partial charge in [0, 0.05) is 12.6 Å². The van der Waals surface area contributed by atoms with Gasteiger partial charge >= 0.3 is 0 Å². The van der Waals surface area contributed by atoms with Crippen molar-refractivity contribution in [3.8, 4) is 5.88 Å². The zero-order valence-electron chi connectivity index (χ0n) is 11.4. The van der Waals surface area contributed by atoms with Crippen molar-refractivity contribution in [2.75, 3.05) is 25.0 Å². The van der Waals surface area contributed by atoms with Gasteiger partial charge in [-0.3, -0.25) is 0 Å². The monoisotopic (exact) mass is 252 g/mol. The van der Waals surface area contributed by atoms with Crippen LogP contribution >= 0.6 is 0 Å². The Labute approximate surface area is 109 Å². The molecule has 0 aromatic carbocycles. The van der Waals surface area contributed by atoms with Crippen molar-refractivity contribution >= 4 is 5.82 Å². The molecule has 0 aliphatic rings. The van der Waals surface area contributed by atoms with Crippen LogP contribution in [0.1, 0.15) is 33.1 Å². The highest BCUT2D eigenvalue weighted by Crippen LogP contribution is 2.11. The molecule has 1 aromatic rings. The van der Waals surface area contributed by atoms with Gasteiger partial charge in [0.25, 0.3) is 0 Å². The lowest BCUT2D eigenvalue weighted by atomic mass is 10.1. The van der Waals surface area contributed by atoms with Crippen LogP contribution in [-0.2, 0) is 0 Å². The summed E-state index contributed by atoms with van der Waals surface area (Å²) in [5.41, 5.74) is 5.57. The molecule has 0 saturated carbocycles. The van der Waals surface area contributed by atoms with Crippen LogP contribution in [0.3, 0.4) is 0 Å². The zero-order chi connectivity index (χ0) is 13.2. The van der Waals surface area contributed by atoms with Crippen LogP contribution < -0.4 is 15.8 Å². The molecule has 1 unspecified atom stereocenters. The molecule has 1 atom stereocenters. The Bertz CT molecular complexity index is 333. The van der Waals surface area contributed by atoms with Gasteiger partial charge < -0.3 is 15.8 Å². The first-order valence-electron chi connectivity index (χ1n) is 6.65. The molecule has 0 spiro atoms. The second-order valence-corrected chi connectivity index (χ2v) is 4.50. The normalized spacial score (nSPS) is 12.2. The summed E-state index contributed by atoms with van der Waals surface area (Å²) in [6.45, 7) is 6.57. The van der Waals surface area contributed by atoms with E-state index in [1.165, 1.54) is 6.33 Å². The van der Waals surface area contributed by atoms with Crippen LogP contribution in [0.4, 0.5) is 5.82 Å². The second kappa shape index (κ2) is 8.69. The van der Waals surface area contributed by atoms with E-state index >= 15 is 0 Å². The van der Waals surface area contributed by atoms with Crippen LogP contribution in [-0.4, -0.2) is 29.7 Å². The van der Waals surface area contributed by atoms with Gasteiger partial charge in [0.05, 0.1) is 6.61 Å². The van der Waals surface area contributed by atoms with E-state index in [9.17, 15) is 0 Å². The second-order valence-electron chi connectivity index (χ2n) is 4.50. The fraction of sp³-hybridized carbons (Fsp3) is 0.692. The number of ether oxygens (including phenoxy) is 1. The predicted octanol–water partition coefficient (Wildman–Crippen LogP) is 2.05. The predicted molar refractivity (Wildman–Crippen MR) is 73.8 cm³/mol. The van der Waals surface area contributed by atoms with Crippen molar-refractivity contribution in [1.82, 2.24) is 9.97 Å². The lowest BCUT2D eigenvalue weighted by Gasteiger charge is -2.09. The first-order chi connectivity index (χ1) is 8.76. The average molecular weight is 252 g/mol. The largest absolute Gasteiger partial charge is 0.478 e. The summed E-state index contributed by atoms with van der Waals surface area (Å²) < 4.78 is 5.45. The molecule has 18 heavy (non-hydrogen) atoms. The van der Waals surface area contributed by atoms with Gasteiger partial charge in [0.15, 0.2) is 0 Å². The maximum Gasteiger partial charge on any atom is 0.218 e. The quantitative estimate of drug-likeness (QED) is 0.658. The fourth-order valence-corrected chi connectivity index (χ4v) is 1.51. The molecule has 5 nitrogen and oxygen atoms in total. The Hall–Kier alpha value is -1.36. The van der Waals surface area contributed by atoms with E-state index in [0.29, 0.717) is 18.4 Å². The molecule has 0 bridgehead atoms. The SMILES string of the molecule is CCCOc1cc(NCCCC(C)CN)ncn1. The van der Waals surface area contributed by atoms with Gasteiger partial charge in [-0.2, -0.15) is 0 Å². The zero-order valence-corrected chi connectivity index (χ0v) is 11.4. The maximum absolute atomic E-state index is 5.57. The number of hydrogen-bond donors (Lipinski definition) is 2. The van der Waals surface area contributed by atoms with Gasteiger partial charge in [-0.1, -0.05) is 13.8 Å². The van der Waals surface area contributed by atoms with Gasteiger partial charge in [-0.05, 0) is 31.7 Å². The topological polar surface area (TPSA) is 73.1 Å². The molecule has 0 saturated heterocycles. The van der Waals surface area contributed by atoms with Crippen LogP contribution in [0.25, 0.3) is 0 Å². The molecular weight excluding hydrogens is 228 g/mol. The molecule has 0 amide bonds. The standard InChI is InChI=1S/C13H24N4O/c1-3-7-18-13-8-12(16-10-17-13)15-6-4-5-11(2)9-14/h8,10-11H,3-7,9,14H2,1-2H3,(H,15,16,17). The summed E-state index contributed by atoms with van der Waals surface area (Å²) >= 11 is 0. The Balaban J connectivity index is 2.29. The highest BCUT2D eigenvalue weighted by atomic mass is 16.5. The molecule has 0 aliphatic heterocycles. The fourth-order valence-electron chi connectivity index (χ4n) is 1.51. The van der Waals surface area contributed by atoms with Gasteiger partial charge in [-0.15, -0.1) is 0 Å². The van der Waals surface area contributed by atoms with E-state index in [0.717, 1.165) is 38.2 Å². The van der Waals surface area contributed by atoms with E-state index in [2.05, 4.69) is 29.1 Å². The molecule has 0 fully saturated rings. The number of nitrogens with one attached hydrogen (secondary N) is 1. The van der Waals surface area contributed by atoms with Crippen LogP contribution in [0.5, 0.6) is 5.88 Å². The number of anilines is 1. The summed E-state index contributed by atoms with van der Waals surface area (Å²) in [4.78, 5) is 8.21. The van der Waals surface area contributed by atoms with Crippen molar-refractivity contribution in [1.29, 1.82) is 0 Å². The van der Waals surface area contributed by atoms with Gasteiger partial charge in [0.1, 0.15) is 12.1 Å². The van der Waals surface area contributed by atoms with Crippen molar-refractivity contribution in [3.05, 3.63) is 12.4 Å². The molecule has 1 rings (SSSR count). The lowest BCUT2D eigenvalue weighted by Crippen LogP contribution is -2.12. The van der Waals surface area contributed by atoms with E-state index in [1.54, 1.807) is 0 Å². The Morgan fingerprint density at radius 1 is 1.44 bits per heavy atom. The van der Waals surface area contributed by atoms with E-state index < -0.39 is 0 Å². The first-order valence-corrected chi connectivity index (χ1v) is 6.65. The number of rotatable bonds is 9. The molecule has 0 aliphatic carbocycles. The molecule has 102 valence electrons. The number of hydrogen-bond acceptors (Lipinski definition) is 5. The van der Waals surface area contributed by atoms with Gasteiger partial charge in [-0.25, -0.2) is 9.97 Å². The Morgan fingerprint density at radius 3 is 3.00 bits per heavy atom. The minimum atomic E-state index is 0.584. The third-order valence-corrected chi connectivity index (χ3v) is 2.68. The Morgan fingerprint density at radius 2 is 2.28 bits per heavy atom. The lowest BCUT2D eigenvalue weighted by molar-refractivity contribution is 0.305. The van der Waals surface area contributed by atoms with E-state index in [-0.39, 0.29) is 0 Å². The molecule has 3 N–H and O–H groups in total. The van der Waals surface area contributed by atoms with Crippen molar-refractivity contribution in [2.24, 2.45) is 11.7 Å². The van der Waals surface area contributed by atoms with Crippen molar-refractivity contribution in [2.45, 2.75) is 33.1 Å². The molecule has 0 radical (unpaired) electrons. The van der Waals surface area contributed by atoms with Crippen molar-refractivity contribution in [3.63, 3.8) is 0 Å². The summed E-state index contributed by atoms with van der Waals surface area (Å²) in [5, 5.41) is 3.27. The third kappa shape index (κ3) is 5.82. The van der Waals surface area contributed by atoms with Gasteiger partial charge in [0.2, 0.25) is 5.88 Å². The minimum Gasteiger partial charge on any atom is -0.478 e. The van der Waals surface area contributed by atoms with Crippen molar-refractivity contribution < 1.29 is 4.74 Å². The molecular formula is C13H24N4O. The highest BCUT2D eigenvalue weighted by Gasteiger charge is 2.01. The molecule has 5 heteroatoms. The molecule has 1 aromatic heterocycles. The number of nitrogens with two attached hydrogens (primary N) is 1.